The number of hydrogen-bond acceptors (Lipinski definition) is 6. The maximum Gasteiger partial charge on any atom is 0.147 e. The van der Waals surface area contributed by atoms with Crippen molar-refractivity contribution in [3.8, 4) is 5.69 Å². The van der Waals surface area contributed by atoms with Gasteiger partial charge in [0.15, 0.2) is 0 Å². The van der Waals surface area contributed by atoms with Crippen LogP contribution in [0.2, 0.25) is 0 Å². The van der Waals surface area contributed by atoms with Gasteiger partial charge in [-0.15, -0.1) is 11.8 Å². The smallest absolute Gasteiger partial charge is 0.147 e. The molecule has 0 saturated carbocycles. The highest BCUT2D eigenvalue weighted by molar-refractivity contribution is 7.98. The summed E-state index contributed by atoms with van der Waals surface area (Å²) in [4.78, 5) is 18.7. The second kappa shape index (κ2) is 8.89. The van der Waals surface area contributed by atoms with Crippen LogP contribution in [0.25, 0.3) is 5.69 Å². The Morgan fingerprint density at radius 1 is 1.00 bits per heavy atom. The van der Waals surface area contributed by atoms with Gasteiger partial charge in [-0.1, -0.05) is 6.92 Å². The second-order valence-electron chi connectivity index (χ2n) is 6.47. The zero-order chi connectivity index (χ0) is 18.4. The topological polar surface area (TPSA) is 69.4 Å². The molecule has 0 saturated heterocycles. The van der Waals surface area contributed by atoms with E-state index >= 15 is 0 Å². The second-order valence-corrected chi connectivity index (χ2v) is 7.35. The van der Waals surface area contributed by atoms with Crippen molar-refractivity contribution in [2.75, 3.05) is 6.26 Å². The molecule has 0 amide bonds. The number of thioether (sulfide) groups is 1. The highest BCUT2D eigenvalue weighted by Gasteiger charge is 2.07. The molecule has 3 aromatic rings. The molecule has 0 aliphatic rings. The summed E-state index contributed by atoms with van der Waals surface area (Å²) in [7, 11) is 0. The summed E-state index contributed by atoms with van der Waals surface area (Å²) < 4.78 is 1.75. The van der Waals surface area contributed by atoms with Gasteiger partial charge in [0.05, 0.1) is 11.9 Å². The average Bonchev–Trinajstić information content (AvgIpc) is 3.12. The molecule has 0 radical (unpaired) electrons. The molecule has 0 spiro atoms. The monoisotopic (exact) mass is 368 g/mol. The molecule has 0 N–H and O–H groups in total. The van der Waals surface area contributed by atoms with E-state index in [-0.39, 0.29) is 0 Å². The fourth-order valence-electron chi connectivity index (χ4n) is 2.66. The number of aromatic nitrogens is 6. The van der Waals surface area contributed by atoms with E-state index in [1.807, 2.05) is 37.8 Å². The van der Waals surface area contributed by atoms with Crippen molar-refractivity contribution in [2.45, 2.75) is 44.4 Å². The Bertz CT molecular complexity index is 813. The molecule has 3 aromatic heterocycles. The largest absolute Gasteiger partial charge is 0.259 e. The third-order valence-electron chi connectivity index (χ3n) is 4.35. The summed E-state index contributed by atoms with van der Waals surface area (Å²) in [5.74, 6) is 2.30. The Balaban J connectivity index is 1.45. The molecule has 0 fully saturated rings. The first kappa shape index (κ1) is 18.5. The van der Waals surface area contributed by atoms with Gasteiger partial charge in [0.2, 0.25) is 0 Å². The van der Waals surface area contributed by atoms with Crippen molar-refractivity contribution in [2.24, 2.45) is 5.92 Å². The van der Waals surface area contributed by atoms with Crippen LogP contribution in [0.1, 0.15) is 37.1 Å². The Morgan fingerprint density at radius 2 is 1.77 bits per heavy atom. The Hall–Kier alpha value is -2.28. The highest BCUT2D eigenvalue weighted by atomic mass is 32.2. The van der Waals surface area contributed by atoms with E-state index in [9.17, 15) is 0 Å². The van der Waals surface area contributed by atoms with E-state index in [4.69, 9.17) is 0 Å². The minimum absolute atomic E-state index is 0.610. The molecular weight excluding hydrogens is 344 g/mol. The maximum absolute atomic E-state index is 4.56. The van der Waals surface area contributed by atoms with Crippen molar-refractivity contribution >= 4 is 11.8 Å². The zero-order valence-corrected chi connectivity index (χ0v) is 16.3. The van der Waals surface area contributed by atoms with Crippen LogP contribution >= 0.6 is 11.8 Å². The molecule has 136 valence electrons. The van der Waals surface area contributed by atoms with Crippen LogP contribution in [0, 0.1) is 12.8 Å². The van der Waals surface area contributed by atoms with Gasteiger partial charge in [0, 0.05) is 29.4 Å². The number of nitrogens with zero attached hydrogens (tertiary/aromatic N) is 6. The van der Waals surface area contributed by atoms with Crippen LogP contribution in [0.4, 0.5) is 0 Å². The number of aryl methyl sites for hydroxylation is 3. The molecule has 1 atom stereocenters. The van der Waals surface area contributed by atoms with Crippen molar-refractivity contribution in [1.29, 1.82) is 0 Å². The maximum atomic E-state index is 4.56. The molecule has 0 aromatic carbocycles. The molecule has 0 aliphatic carbocycles. The molecule has 0 bridgehead atoms. The predicted molar refractivity (Wildman–Crippen MR) is 104 cm³/mol. The molecule has 0 aliphatic heterocycles. The Labute approximate surface area is 158 Å². The standard InChI is InChI=1S/C19H24N6S/c1-14(5-9-19-21-11-18(26-3)12-22-19)4-6-16-7-8-17(10-20-16)25-13-23-15(2)24-25/h7-8,10-14H,4-6,9H2,1-3H3. The lowest BCUT2D eigenvalue weighted by atomic mass is 9.98. The van der Waals surface area contributed by atoms with Gasteiger partial charge in [0.25, 0.3) is 0 Å². The van der Waals surface area contributed by atoms with Crippen LogP contribution in [-0.2, 0) is 12.8 Å². The zero-order valence-electron chi connectivity index (χ0n) is 15.5. The van der Waals surface area contributed by atoms with Crippen LogP contribution in [0.15, 0.2) is 41.9 Å². The van der Waals surface area contributed by atoms with Crippen molar-refractivity contribution in [1.82, 2.24) is 29.7 Å². The number of hydrogen-bond donors (Lipinski definition) is 0. The molecule has 3 rings (SSSR count). The van der Waals surface area contributed by atoms with E-state index < -0.39 is 0 Å². The SMILES string of the molecule is CSc1cnc(CCC(C)CCc2ccc(-n3cnc(C)n3)cn2)nc1. The van der Waals surface area contributed by atoms with E-state index in [1.165, 1.54) is 0 Å². The summed E-state index contributed by atoms with van der Waals surface area (Å²) in [5.41, 5.74) is 2.05. The summed E-state index contributed by atoms with van der Waals surface area (Å²) in [6.45, 7) is 4.16. The Morgan fingerprint density at radius 3 is 2.38 bits per heavy atom. The fourth-order valence-corrected chi connectivity index (χ4v) is 2.98. The fraction of sp³-hybridized carbons (Fsp3) is 0.421. The van der Waals surface area contributed by atoms with E-state index in [0.717, 1.165) is 53.6 Å². The van der Waals surface area contributed by atoms with Gasteiger partial charge in [-0.05, 0) is 50.5 Å². The quantitative estimate of drug-likeness (QED) is 0.565. The van der Waals surface area contributed by atoms with Crippen molar-refractivity contribution in [3.05, 3.63) is 54.4 Å². The first-order chi connectivity index (χ1) is 12.6. The first-order valence-electron chi connectivity index (χ1n) is 8.82. The molecule has 6 nitrogen and oxygen atoms in total. The van der Waals surface area contributed by atoms with Gasteiger partial charge in [-0.25, -0.2) is 19.6 Å². The predicted octanol–water partition coefficient (Wildman–Crippen LogP) is 3.68. The van der Waals surface area contributed by atoms with E-state index in [2.05, 4.69) is 38.0 Å². The van der Waals surface area contributed by atoms with Crippen molar-refractivity contribution < 1.29 is 0 Å². The third-order valence-corrected chi connectivity index (χ3v) is 5.03. The Kier molecular flexibility index (Phi) is 6.33. The summed E-state index contributed by atoms with van der Waals surface area (Å²) in [5, 5.41) is 4.30. The summed E-state index contributed by atoms with van der Waals surface area (Å²) in [6, 6.07) is 4.12. The minimum atomic E-state index is 0.610. The van der Waals surface area contributed by atoms with Crippen LogP contribution in [0.5, 0.6) is 0 Å². The first-order valence-corrected chi connectivity index (χ1v) is 10.0. The normalized spacial score (nSPS) is 12.3. The van der Waals surface area contributed by atoms with Gasteiger partial charge in [-0.3, -0.25) is 4.98 Å². The van der Waals surface area contributed by atoms with E-state index in [1.54, 1.807) is 22.8 Å². The average molecular weight is 369 g/mol. The molecule has 1 unspecified atom stereocenters. The van der Waals surface area contributed by atoms with Crippen LogP contribution in [-0.4, -0.2) is 36.0 Å². The van der Waals surface area contributed by atoms with Gasteiger partial charge in [0.1, 0.15) is 18.0 Å². The highest BCUT2D eigenvalue weighted by Crippen LogP contribution is 2.16. The molecular formula is C19H24N6S. The molecule has 7 heteroatoms. The summed E-state index contributed by atoms with van der Waals surface area (Å²) >= 11 is 1.67. The lowest BCUT2D eigenvalue weighted by Crippen LogP contribution is -2.04. The van der Waals surface area contributed by atoms with Gasteiger partial charge >= 0.3 is 0 Å². The van der Waals surface area contributed by atoms with Crippen LogP contribution < -0.4 is 0 Å². The minimum Gasteiger partial charge on any atom is -0.259 e. The molecule has 3 heterocycles. The van der Waals surface area contributed by atoms with Crippen LogP contribution in [0.3, 0.4) is 0 Å². The third kappa shape index (κ3) is 5.11. The summed E-state index contributed by atoms with van der Waals surface area (Å²) in [6.07, 6.45) is 13.5. The van der Waals surface area contributed by atoms with E-state index in [0.29, 0.717) is 5.92 Å². The lowest BCUT2D eigenvalue weighted by Gasteiger charge is -2.10. The lowest BCUT2D eigenvalue weighted by molar-refractivity contribution is 0.484. The van der Waals surface area contributed by atoms with Gasteiger partial charge in [-0.2, -0.15) is 5.10 Å². The van der Waals surface area contributed by atoms with Crippen molar-refractivity contribution in [3.63, 3.8) is 0 Å². The molecule has 26 heavy (non-hydrogen) atoms. The van der Waals surface area contributed by atoms with Gasteiger partial charge < -0.3 is 0 Å². The number of rotatable bonds is 8. The number of pyridine rings is 1.